The molecular weight excluding hydrogens is 544 g/mol. The number of hydrogen-bond acceptors (Lipinski definition) is 4. The van der Waals surface area contributed by atoms with E-state index < -0.39 is 5.60 Å². The summed E-state index contributed by atoms with van der Waals surface area (Å²) in [6.45, 7) is 23.3. The van der Waals surface area contributed by atoms with Gasteiger partial charge in [0.05, 0.1) is 5.60 Å². The van der Waals surface area contributed by atoms with Gasteiger partial charge >= 0.3 is 5.97 Å². The van der Waals surface area contributed by atoms with Crippen molar-refractivity contribution in [2.75, 3.05) is 0 Å². The van der Waals surface area contributed by atoms with E-state index >= 15 is 0 Å². The Hall–Kier alpha value is -2.07. The molecule has 4 heteroatoms. The number of esters is 1. The molecule has 1 aromatic rings. The molecule has 4 fully saturated rings. The van der Waals surface area contributed by atoms with Crippen LogP contribution < -0.4 is 0 Å². The molecular formula is C40H60O4. The fourth-order valence-corrected chi connectivity index (χ4v) is 11.5. The number of fused-ring (bicyclic) bond motifs is 5. The number of carbonyl (C=O) groups excluding carboxylic acids is 1. The van der Waals surface area contributed by atoms with Gasteiger partial charge in [-0.1, -0.05) is 72.8 Å². The maximum Gasteiger partial charge on any atom is 0.331 e. The summed E-state index contributed by atoms with van der Waals surface area (Å²) in [7, 11) is 0. The van der Waals surface area contributed by atoms with Crippen LogP contribution in [-0.2, 0) is 9.53 Å². The van der Waals surface area contributed by atoms with Gasteiger partial charge in [-0.25, -0.2) is 4.79 Å². The third kappa shape index (κ3) is 5.50. The minimum absolute atomic E-state index is 0.0969. The summed E-state index contributed by atoms with van der Waals surface area (Å²) in [6, 6.07) is 6.84. The van der Waals surface area contributed by atoms with Crippen molar-refractivity contribution in [1.82, 2.24) is 0 Å². The second kappa shape index (κ2) is 11.6. The van der Waals surface area contributed by atoms with Crippen molar-refractivity contribution in [3.8, 4) is 5.75 Å². The number of aliphatic hydroxyl groups is 1. The van der Waals surface area contributed by atoms with Gasteiger partial charge < -0.3 is 14.9 Å². The zero-order chi connectivity index (χ0) is 32.3. The Bertz CT molecular complexity index is 1260. The van der Waals surface area contributed by atoms with Crippen molar-refractivity contribution in [2.45, 2.75) is 131 Å². The predicted molar refractivity (Wildman–Crippen MR) is 180 cm³/mol. The van der Waals surface area contributed by atoms with E-state index in [2.05, 4.69) is 62.0 Å². The largest absolute Gasteiger partial charge is 0.508 e. The average Bonchev–Trinajstić information content (AvgIpc) is 3.32. The molecule has 0 saturated heterocycles. The number of phenolic OH excluding ortho intramolecular Hbond substituents is 1. The molecule has 1 unspecified atom stereocenters. The first-order chi connectivity index (χ1) is 20.5. The van der Waals surface area contributed by atoms with E-state index in [1.54, 1.807) is 30.3 Å². The van der Waals surface area contributed by atoms with Crippen LogP contribution in [0.2, 0.25) is 0 Å². The minimum atomic E-state index is -0.648. The molecule has 4 aliphatic rings. The molecule has 0 heterocycles. The van der Waals surface area contributed by atoms with Gasteiger partial charge in [0, 0.05) is 11.5 Å². The van der Waals surface area contributed by atoms with E-state index in [1.165, 1.54) is 43.8 Å². The minimum Gasteiger partial charge on any atom is -0.508 e. The van der Waals surface area contributed by atoms with Crippen LogP contribution >= 0.6 is 0 Å². The summed E-state index contributed by atoms with van der Waals surface area (Å²) in [5.74, 6) is 2.47. The Morgan fingerprint density at radius 2 is 1.64 bits per heavy atom. The van der Waals surface area contributed by atoms with Gasteiger partial charge in [0.25, 0.3) is 0 Å². The quantitative estimate of drug-likeness (QED) is 0.176. The molecule has 4 nitrogen and oxygen atoms in total. The van der Waals surface area contributed by atoms with Crippen molar-refractivity contribution in [3.63, 3.8) is 0 Å². The molecule has 244 valence electrons. The first kappa shape index (κ1) is 33.3. The Kier molecular flexibility index (Phi) is 8.80. The van der Waals surface area contributed by atoms with Gasteiger partial charge in [0.15, 0.2) is 0 Å². The van der Waals surface area contributed by atoms with Gasteiger partial charge in [0.2, 0.25) is 0 Å². The molecule has 0 bridgehead atoms. The number of hydrogen-bond donors (Lipinski definition) is 2. The first-order valence-corrected chi connectivity index (χ1v) is 17.5. The summed E-state index contributed by atoms with van der Waals surface area (Å²) in [5, 5.41) is 21.4. The summed E-state index contributed by atoms with van der Waals surface area (Å²) >= 11 is 0. The summed E-state index contributed by atoms with van der Waals surface area (Å²) < 4.78 is 6.19. The third-order valence-electron chi connectivity index (χ3n) is 14.5. The standard InChI is InChI=1S/C40H60O4/c1-26(2)27(3)18-25-40(9,43)31-19-23-38(7)30(31)15-16-33-37(6)22-21-34(36(4,5)32(37)20-24-39(33,38)8)44-35(42)17-12-28-10-13-29(41)14-11-28/h10-14,17,26,30-34,41,43H,3,15-16,18-25H2,1-2,4-9H3/b17-12+/t30-,31+,32+,33-,34?,37+,38-,39-,40+/m1/s1. The molecule has 0 aliphatic heterocycles. The van der Waals surface area contributed by atoms with Crippen molar-refractivity contribution < 1.29 is 19.7 Å². The highest BCUT2D eigenvalue weighted by molar-refractivity contribution is 5.87. The molecule has 9 atom stereocenters. The molecule has 5 rings (SSSR count). The summed E-state index contributed by atoms with van der Waals surface area (Å²) in [4.78, 5) is 13.0. The maximum absolute atomic E-state index is 13.0. The zero-order valence-electron chi connectivity index (χ0n) is 28.9. The van der Waals surface area contributed by atoms with Gasteiger partial charge in [-0.15, -0.1) is 0 Å². The zero-order valence-corrected chi connectivity index (χ0v) is 28.9. The molecule has 4 aliphatic carbocycles. The number of allylic oxidation sites excluding steroid dienone is 1. The fraction of sp³-hybridized carbons (Fsp3) is 0.725. The number of aromatic hydroxyl groups is 1. The third-order valence-corrected chi connectivity index (χ3v) is 14.5. The molecule has 0 amide bonds. The number of rotatable bonds is 8. The number of benzene rings is 1. The second-order valence-electron chi connectivity index (χ2n) is 17.2. The predicted octanol–water partition coefficient (Wildman–Crippen LogP) is 9.75. The Labute approximate surface area is 267 Å². The number of phenols is 1. The summed E-state index contributed by atoms with van der Waals surface area (Å²) in [6.07, 6.45) is 14.1. The lowest BCUT2D eigenvalue weighted by atomic mass is 9.35. The van der Waals surface area contributed by atoms with Crippen LogP contribution in [0.4, 0.5) is 0 Å². The topological polar surface area (TPSA) is 66.8 Å². The van der Waals surface area contributed by atoms with Gasteiger partial charge in [-0.05, 0) is 141 Å². The molecule has 44 heavy (non-hydrogen) atoms. The highest BCUT2D eigenvalue weighted by Crippen LogP contribution is 2.76. The number of carbonyl (C=O) groups is 1. The van der Waals surface area contributed by atoms with Crippen LogP contribution in [0.5, 0.6) is 5.75 Å². The molecule has 0 aromatic heterocycles. The van der Waals surface area contributed by atoms with Crippen LogP contribution in [-0.4, -0.2) is 27.9 Å². The molecule has 4 saturated carbocycles. The van der Waals surface area contributed by atoms with E-state index in [0.717, 1.165) is 37.7 Å². The smallest absolute Gasteiger partial charge is 0.331 e. The maximum atomic E-state index is 13.0. The Balaban J connectivity index is 1.31. The molecule has 0 radical (unpaired) electrons. The van der Waals surface area contributed by atoms with E-state index in [1.807, 2.05) is 0 Å². The van der Waals surface area contributed by atoms with E-state index in [0.29, 0.717) is 29.6 Å². The van der Waals surface area contributed by atoms with Crippen molar-refractivity contribution in [1.29, 1.82) is 0 Å². The van der Waals surface area contributed by atoms with E-state index in [9.17, 15) is 15.0 Å². The molecule has 2 N–H and O–H groups in total. The second-order valence-corrected chi connectivity index (χ2v) is 17.2. The van der Waals surface area contributed by atoms with Crippen molar-refractivity contribution >= 4 is 12.0 Å². The van der Waals surface area contributed by atoms with Crippen LogP contribution in [0, 0.1) is 51.2 Å². The molecule has 0 spiro atoms. The van der Waals surface area contributed by atoms with Gasteiger partial charge in [-0.2, -0.15) is 0 Å². The number of ether oxygens (including phenoxy) is 1. The van der Waals surface area contributed by atoms with Gasteiger partial charge in [0.1, 0.15) is 11.9 Å². The fourth-order valence-electron chi connectivity index (χ4n) is 11.5. The normalized spacial score (nSPS) is 39.3. The average molecular weight is 605 g/mol. The van der Waals surface area contributed by atoms with Crippen molar-refractivity contribution in [2.24, 2.45) is 51.2 Å². The molecule has 1 aromatic carbocycles. The van der Waals surface area contributed by atoms with Crippen LogP contribution in [0.25, 0.3) is 6.08 Å². The van der Waals surface area contributed by atoms with Gasteiger partial charge in [-0.3, -0.25) is 0 Å². The monoisotopic (exact) mass is 604 g/mol. The highest BCUT2D eigenvalue weighted by Gasteiger charge is 2.69. The lowest BCUT2D eigenvalue weighted by Crippen LogP contribution is -2.64. The first-order valence-electron chi connectivity index (χ1n) is 17.5. The van der Waals surface area contributed by atoms with Crippen molar-refractivity contribution in [3.05, 3.63) is 48.1 Å². The lowest BCUT2D eigenvalue weighted by molar-refractivity contribution is -0.229. The highest BCUT2D eigenvalue weighted by atomic mass is 16.5. The lowest BCUT2D eigenvalue weighted by Gasteiger charge is -2.70. The van der Waals surface area contributed by atoms with Crippen LogP contribution in [0.15, 0.2) is 42.5 Å². The van der Waals surface area contributed by atoms with Crippen LogP contribution in [0.3, 0.4) is 0 Å². The van der Waals surface area contributed by atoms with Crippen LogP contribution in [0.1, 0.15) is 125 Å². The SMILES string of the molecule is C=C(CC[C@](C)(O)[C@H]1CC[C@]2(C)[C@@H]1CC[C@@H]1[C@@]3(C)CCC(OC(=O)/C=C/c4ccc(O)cc4)C(C)(C)[C@@H]3CC[C@]12C)C(C)C. The summed E-state index contributed by atoms with van der Waals surface area (Å²) in [5.41, 5.74) is 2.07. The Morgan fingerprint density at radius 1 is 0.977 bits per heavy atom. The Morgan fingerprint density at radius 3 is 2.30 bits per heavy atom. The van der Waals surface area contributed by atoms with E-state index in [4.69, 9.17) is 4.74 Å². The van der Waals surface area contributed by atoms with E-state index in [-0.39, 0.29) is 39.5 Å².